The van der Waals surface area contributed by atoms with Crippen LogP contribution in [0.2, 0.25) is 0 Å². The third kappa shape index (κ3) is 3.35. The summed E-state index contributed by atoms with van der Waals surface area (Å²) in [6, 6.07) is 9.37. The molecule has 1 unspecified atom stereocenters. The minimum absolute atomic E-state index is 0.133. The topological polar surface area (TPSA) is 29.9 Å². The van der Waals surface area contributed by atoms with Crippen LogP contribution >= 0.6 is 0 Å². The summed E-state index contributed by atoms with van der Waals surface area (Å²) in [5.41, 5.74) is 4.43. The summed E-state index contributed by atoms with van der Waals surface area (Å²) in [6.07, 6.45) is 7.49. The molecular weight excluding hydrogens is 258 g/mol. The summed E-state index contributed by atoms with van der Waals surface area (Å²) in [4.78, 5) is 4.38. The van der Waals surface area contributed by atoms with E-state index in [9.17, 15) is 0 Å². The number of hydrogen-bond acceptors (Lipinski definition) is 2. The lowest BCUT2D eigenvalue weighted by Gasteiger charge is -2.28. The van der Waals surface area contributed by atoms with E-state index in [1.165, 1.54) is 29.7 Å². The van der Waals surface area contributed by atoms with Gasteiger partial charge in [-0.05, 0) is 51.2 Å². The van der Waals surface area contributed by atoms with Crippen molar-refractivity contribution >= 4 is 0 Å². The molecule has 0 fully saturated rings. The van der Waals surface area contributed by atoms with Gasteiger partial charge in [0.05, 0.1) is 12.0 Å². The molecule has 0 spiro atoms. The number of rotatable bonds is 3. The van der Waals surface area contributed by atoms with E-state index in [0.717, 1.165) is 13.0 Å². The van der Waals surface area contributed by atoms with Crippen LogP contribution in [0.5, 0.6) is 0 Å². The Morgan fingerprint density at radius 3 is 2.76 bits per heavy atom. The molecule has 112 valence electrons. The zero-order valence-electron chi connectivity index (χ0n) is 13.3. The Kier molecular flexibility index (Phi) is 3.85. The largest absolute Gasteiger partial charge is 0.330 e. The Morgan fingerprint density at radius 1 is 1.24 bits per heavy atom. The minimum Gasteiger partial charge on any atom is -0.330 e. The van der Waals surface area contributed by atoms with Crippen LogP contribution in [0.1, 0.15) is 50.1 Å². The van der Waals surface area contributed by atoms with Gasteiger partial charge in [0.25, 0.3) is 0 Å². The van der Waals surface area contributed by atoms with Crippen LogP contribution in [0, 0.1) is 0 Å². The van der Waals surface area contributed by atoms with Crippen LogP contribution in [-0.4, -0.2) is 15.1 Å². The first kappa shape index (κ1) is 14.3. The van der Waals surface area contributed by atoms with Crippen molar-refractivity contribution in [1.82, 2.24) is 14.9 Å². The molecule has 0 aliphatic heterocycles. The zero-order valence-corrected chi connectivity index (χ0v) is 13.3. The summed E-state index contributed by atoms with van der Waals surface area (Å²) in [5.74, 6) is 0. The molecule has 0 radical (unpaired) electrons. The fraction of sp³-hybridized carbons (Fsp3) is 0.500. The number of nitrogens with one attached hydrogen (secondary N) is 1. The van der Waals surface area contributed by atoms with Crippen molar-refractivity contribution in [1.29, 1.82) is 0 Å². The number of nitrogens with zero attached hydrogens (tertiary/aromatic N) is 2. The Hall–Kier alpha value is -1.61. The third-order valence-electron chi connectivity index (χ3n) is 4.26. The first-order chi connectivity index (χ1) is 10.0. The monoisotopic (exact) mass is 283 g/mol. The van der Waals surface area contributed by atoms with Crippen LogP contribution in [-0.2, 0) is 19.4 Å². The van der Waals surface area contributed by atoms with Gasteiger partial charge in [-0.15, -0.1) is 0 Å². The second-order valence-electron chi connectivity index (χ2n) is 7.06. The lowest BCUT2D eigenvalue weighted by atomic mass is 9.88. The smallest absolute Gasteiger partial charge is 0.0951 e. The second-order valence-corrected chi connectivity index (χ2v) is 7.06. The van der Waals surface area contributed by atoms with Crippen LogP contribution in [0.25, 0.3) is 0 Å². The van der Waals surface area contributed by atoms with Crippen LogP contribution in [0.4, 0.5) is 0 Å². The first-order valence-corrected chi connectivity index (χ1v) is 7.85. The molecule has 3 rings (SSSR count). The Balaban J connectivity index is 1.75. The van der Waals surface area contributed by atoms with E-state index in [2.05, 4.69) is 59.9 Å². The van der Waals surface area contributed by atoms with Crippen molar-refractivity contribution in [3.05, 3.63) is 53.6 Å². The highest BCUT2D eigenvalue weighted by molar-refractivity contribution is 5.30. The number of aromatic nitrogens is 2. The molecule has 0 saturated carbocycles. The van der Waals surface area contributed by atoms with Gasteiger partial charge in [-0.3, -0.25) is 0 Å². The molecular formula is C18H25N3. The molecule has 1 aromatic carbocycles. The molecule has 1 N–H and O–H groups in total. The summed E-state index contributed by atoms with van der Waals surface area (Å²) in [5, 5.41) is 3.56. The van der Waals surface area contributed by atoms with Crippen molar-refractivity contribution in [2.24, 2.45) is 0 Å². The number of hydrogen-bond donors (Lipinski definition) is 1. The summed E-state index contributed by atoms with van der Waals surface area (Å²) >= 11 is 0. The van der Waals surface area contributed by atoms with Gasteiger partial charge in [0, 0.05) is 24.3 Å². The standard InChI is InChI=1S/C18H25N3/c1-18(2,3)20-12-17-11-19-13-21(17)16-9-8-14-6-4-5-7-15(14)10-16/h4-7,11,13,16,20H,8-10,12H2,1-3H3. The number of benzene rings is 1. The fourth-order valence-electron chi connectivity index (χ4n) is 3.07. The molecule has 1 heterocycles. The van der Waals surface area contributed by atoms with E-state index in [-0.39, 0.29) is 5.54 Å². The maximum absolute atomic E-state index is 4.38. The second kappa shape index (κ2) is 5.64. The molecule has 3 heteroatoms. The molecule has 1 aliphatic carbocycles. The van der Waals surface area contributed by atoms with Crippen molar-refractivity contribution in [3.63, 3.8) is 0 Å². The fourth-order valence-corrected chi connectivity index (χ4v) is 3.07. The Labute approximate surface area is 127 Å². The molecule has 1 aliphatic rings. The summed E-state index contributed by atoms with van der Waals surface area (Å²) in [7, 11) is 0. The van der Waals surface area contributed by atoms with Gasteiger partial charge < -0.3 is 9.88 Å². The third-order valence-corrected chi connectivity index (χ3v) is 4.26. The molecule has 21 heavy (non-hydrogen) atoms. The average Bonchev–Trinajstić information content (AvgIpc) is 2.92. The van der Waals surface area contributed by atoms with Gasteiger partial charge in [0.15, 0.2) is 0 Å². The van der Waals surface area contributed by atoms with Crippen molar-refractivity contribution in [2.45, 2.75) is 58.2 Å². The maximum atomic E-state index is 4.38. The van der Waals surface area contributed by atoms with Crippen molar-refractivity contribution in [3.8, 4) is 0 Å². The zero-order chi connectivity index (χ0) is 14.9. The van der Waals surface area contributed by atoms with Crippen LogP contribution < -0.4 is 5.32 Å². The molecule has 0 saturated heterocycles. The van der Waals surface area contributed by atoms with Crippen LogP contribution in [0.3, 0.4) is 0 Å². The lowest BCUT2D eigenvalue weighted by Crippen LogP contribution is -2.36. The summed E-state index contributed by atoms with van der Waals surface area (Å²) < 4.78 is 2.37. The van der Waals surface area contributed by atoms with E-state index >= 15 is 0 Å². The highest BCUT2D eigenvalue weighted by Crippen LogP contribution is 2.29. The van der Waals surface area contributed by atoms with Gasteiger partial charge in [0.2, 0.25) is 0 Å². The maximum Gasteiger partial charge on any atom is 0.0951 e. The van der Waals surface area contributed by atoms with Gasteiger partial charge >= 0.3 is 0 Å². The molecule has 1 aromatic heterocycles. The van der Waals surface area contributed by atoms with Gasteiger partial charge in [-0.1, -0.05) is 24.3 Å². The molecule has 0 bridgehead atoms. The van der Waals surface area contributed by atoms with Crippen molar-refractivity contribution in [2.75, 3.05) is 0 Å². The SMILES string of the molecule is CC(C)(C)NCc1cncn1C1CCc2ccccc2C1. The highest BCUT2D eigenvalue weighted by atomic mass is 15.1. The molecule has 2 aromatic rings. The van der Waals surface area contributed by atoms with E-state index < -0.39 is 0 Å². The highest BCUT2D eigenvalue weighted by Gasteiger charge is 2.21. The van der Waals surface area contributed by atoms with E-state index in [4.69, 9.17) is 0 Å². The number of aryl methyl sites for hydroxylation is 1. The van der Waals surface area contributed by atoms with Gasteiger partial charge in [-0.25, -0.2) is 4.98 Å². The predicted octanol–water partition coefficient (Wildman–Crippen LogP) is 3.50. The predicted molar refractivity (Wildman–Crippen MR) is 86.3 cm³/mol. The normalized spacial score (nSPS) is 18.5. The number of imidazole rings is 1. The van der Waals surface area contributed by atoms with E-state index in [0.29, 0.717) is 6.04 Å². The average molecular weight is 283 g/mol. The van der Waals surface area contributed by atoms with E-state index in [1.807, 2.05) is 12.5 Å². The Morgan fingerprint density at radius 2 is 2.00 bits per heavy atom. The quantitative estimate of drug-likeness (QED) is 0.934. The summed E-state index contributed by atoms with van der Waals surface area (Å²) in [6.45, 7) is 7.47. The minimum atomic E-state index is 0.133. The first-order valence-electron chi connectivity index (χ1n) is 7.85. The van der Waals surface area contributed by atoms with Crippen LogP contribution in [0.15, 0.2) is 36.8 Å². The Bertz CT molecular complexity index is 607. The number of fused-ring (bicyclic) bond motifs is 1. The lowest BCUT2D eigenvalue weighted by molar-refractivity contribution is 0.391. The molecule has 3 nitrogen and oxygen atoms in total. The van der Waals surface area contributed by atoms with E-state index in [1.54, 1.807) is 0 Å². The van der Waals surface area contributed by atoms with Gasteiger partial charge in [0.1, 0.15) is 0 Å². The molecule has 1 atom stereocenters. The molecule has 0 amide bonds. The van der Waals surface area contributed by atoms with Crippen molar-refractivity contribution < 1.29 is 0 Å². The van der Waals surface area contributed by atoms with Gasteiger partial charge in [-0.2, -0.15) is 0 Å².